The molecule has 3 rings (SSSR count). The molecule has 0 bridgehead atoms. The monoisotopic (exact) mass is 263 g/mol. The average molecular weight is 263 g/mol. The second-order valence-corrected chi connectivity index (χ2v) is 5.21. The molecular formula is C18H17NO. The first-order valence-corrected chi connectivity index (χ1v) is 6.79. The number of hydrogen-bond donors (Lipinski definition) is 0. The van der Waals surface area contributed by atoms with Crippen molar-refractivity contribution in [3.63, 3.8) is 0 Å². The molecule has 0 saturated heterocycles. The van der Waals surface area contributed by atoms with Crippen molar-refractivity contribution in [3.05, 3.63) is 70.9 Å². The van der Waals surface area contributed by atoms with E-state index in [9.17, 15) is 4.79 Å². The van der Waals surface area contributed by atoms with Gasteiger partial charge in [0.2, 0.25) is 0 Å². The molecule has 0 atom stereocenters. The lowest BCUT2D eigenvalue weighted by Gasteiger charge is -2.09. The van der Waals surface area contributed by atoms with Gasteiger partial charge in [0.1, 0.15) is 0 Å². The molecule has 3 aromatic rings. The van der Waals surface area contributed by atoms with Crippen molar-refractivity contribution in [2.45, 2.75) is 20.4 Å². The third-order valence-corrected chi connectivity index (χ3v) is 3.82. The molecule has 2 aromatic carbocycles. The Balaban J connectivity index is 2.16. The molecule has 0 aliphatic heterocycles. The zero-order valence-electron chi connectivity index (χ0n) is 11.8. The van der Waals surface area contributed by atoms with Crippen LogP contribution in [-0.4, -0.2) is 10.9 Å². The molecule has 0 aliphatic carbocycles. The van der Waals surface area contributed by atoms with Gasteiger partial charge in [0, 0.05) is 28.7 Å². The number of hydrogen-bond acceptors (Lipinski definition) is 1. The van der Waals surface area contributed by atoms with Gasteiger partial charge in [0.25, 0.3) is 0 Å². The molecule has 0 fully saturated rings. The third kappa shape index (κ3) is 2.03. The number of fused-ring (bicyclic) bond motifs is 1. The van der Waals surface area contributed by atoms with E-state index in [1.165, 1.54) is 11.1 Å². The maximum atomic E-state index is 11.3. The number of carbonyl (C=O) groups is 1. The lowest BCUT2D eigenvalue weighted by Crippen LogP contribution is -2.02. The smallest absolute Gasteiger partial charge is 0.152 e. The summed E-state index contributed by atoms with van der Waals surface area (Å²) in [6.45, 7) is 4.91. The third-order valence-electron chi connectivity index (χ3n) is 3.82. The van der Waals surface area contributed by atoms with E-state index in [0.717, 1.165) is 35.0 Å². The van der Waals surface area contributed by atoms with E-state index < -0.39 is 0 Å². The minimum atomic E-state index is 0.794. The fourth-order valence-electron chi connectivity index (χ4n) is 2.80. The highest BCUT2D eigenvalue weighted by Gasteiger charge is 2.12. The largest absolute Gasteiger partial charge is 0.340 e. The van der Waals surface area contributed by atoms with E-state index in [4.69, 9.17) is 0 Å². The number of para-hydroxylation sites is 1. The van der Waals surface area contributed by atoms with Gasteiger partial charge in [-0.1, -0.05) is 48.0 Å². The summed E-state index contributed by atoms with van der Waals surface area (Å²) in [5, 5.41) is 1.03. The van der Waals surface area contributed by atoms with Crippen LogP contribution in [0.3, 0.4) is 0 Å². The molecule has 20 heavy (non-hydrogen) atoms. The van der Waals surface area contributed by atoms with Gasteiger partial charge in [0.05, 0.1) is 0 Å². The van der Waals surface area contributed by atoms with Gasteiger partial charge in [-0.2, -0.15) is 0 Å². The molecule has 1 aromatic heterocycles. The summed E-state index contributed by atoms with van der Waals surface area (Å²) in [4.78, 5) is 11.3. The van der Waals surface area contributed by atoms with Gasteiger partial charge in [-0.3, -0.25) is 4.79 Å². The Bertz CT molecular complexity index is 783. The quantitative estimate of drug-likeness (QED) is 0.651. The van der Waals surface area contributed by atoms with Gasteiger partial charge in [-0.25, -0.2) is 0 Å². The molecule has 2 heteroatoms. The molecule has 0 saturated carbocycles. The van der Waals surface area contributed by atoms with Crippen LogP contribution in [0.15, 0.2) is 48.5 Å². The molecule has 100 valence electrons. The van der Waals surface area contributed by atoms with E-state index in [1.807, 2.05) is 25.1 Å². The predicted molar refractivity (Wildman–Crippen MR) is 82.3 cm³/mol. The molecule has 0 unspecified atom stereocenters. The van der Waals surface area contributed by atoms with Crippen LogP contribution in [0, 0.1) is 13.8 Å². The molecule has 1 heterocycles. The Morgan fingerprint density at radius 2 is 1.85 bits per heavy atom. The Hall–Kier alpha value is -2.35. The molecule has 2 nitrogen and oxygen atoms in total. The normalized spacial score (nSPS) is 10.9. The second-order valence-electron chi connectivity index (χ2n) is 5.21. The van der Waals surface area contributed by atoms with Gasteiger partial charge in [-0.15, -0.1) is 0 Å². The first kappa shape index (κ1) is 12.7. The van der Waals surface area contributed by atoms with E-state index in [-0.39, 0.29) is 0 Å². The van der Waals surface area contributed by atoms with Crippen molar-refractivity contribution >= 4 is 17.2 Å². The molecule has 0 N–H and O–H groups in total. The van der Waals surface area contributed by atoms with Crippen LogP contribution in [0.2, 0.25) is 0 Å². The number of benzene rings is 2. The summed E-state index contributed by atoms with van der Waals surface area (Å²) < 4.78 is 2.22. The number of carbonyl (C=O) groups excluding carboxylic acids is 1. The highest BCUT2D eigenvalue weighted by atomic mass is 16.1. The van der Waals surface area contributed by atoms with Crippen molar-refractivity contribution in [1.29, 1.82) is 0 Å². The fourth-order valence-corrected chi connectivity index (χ4v) is 2.80. The maximum Gasteiger partial charge on any atom is 0.152 e. The standard InChI is InChI=1S/C18H17NO/c1-13-6-5-7-15(10-13)11-19-14(2)17(12-20)16-8-3-4-9-18(16)19/h3-10,12H,11H2,1-2H3. The molecule has 0 radical (unpaired) electrons. The first-order valence-electron chi connectivity index (χ1n) is 6.79. The first-order chi connectivity index (χ1) is 9.70. The summed E-state index contributed by atoms with van der Waals surface area (Å²) in [7, 11) is 0. The van der Waals surface area contributed by atoms with Crippen LogP contribution in [-0.2, 0) is 6.54 Å². The minimum Gasteiger partial charge on any atom is -0.340 e. The van der Waals surface area contributed by atoms with Gasteiger partial charge in [0.15, 0.2) is 6.29 Å². The highest BCUT2D eigenvalue weighted by molar-refractivity contribution is 5.99. The summed E-state index contributed by atoms with van der Waals surface area (Å²) in [6, 6.07) is 16.6. The van der Waals surface area contributed by atoms with Gasteiger partial charge < -0.3 is 4.57 Å². The van der Waals surface area contributed by atoms with Gasteiger partial charge in [-0.05, 0) is 25.5 Å². The summed E-state index contributed by atoms with van der Waals surface area (Å²) in [5.41, 5.74) is 5.46. The molecular weight excluding hydrogens is 246 g/mol. The minimum absolute atomic E-state index is 0.794. The Morgan fingerprint density at radius 3 is 2.60 bits per heavy atom. The average Bonchev–Trinajstić information content (AvgIpc) is 2.72. The lowest BCUT2D eigenvalue weighted by atomic mass is 10.1. The topological polar surface area (TPSA) is 22.0 Å². The van der Waals surface area contributed by atoms with E-state index in [0.29, 0.717) is 0 Å². The van der Waals surface area contributed by atoms with Crippen LogP contribution >= 0.6 is 0 Å². The maximum absolute atomic E-state index is 11.3. The Kier molecular flexibility index (Phi) is 3.15. The van der Waals surface area contributed by atoms with Crippen molar-refractivity contribution in [1.82, 2.24) is 4.57 Å². The SMILES string of the molecule is Cc1cccc(Cn2c(C)c(C=O)c3ccccc32)c1. The second kappa shape index (κ2) is 4.97. The summed E-state index contributed by atoms with van der Waals surface area (Å²) in [5.74, 6) is 0. The fraction of sp³-hybridized carbons (Fsp3) is 0.167. The van der Waals surface area contributed by atoms with E-state index >= 15 is 0 Å². The van der Waals surface area contributed by atoms with Crippen molar-refractivity contribution in [2.75, 3.05) is 0 Å². The van der Waals surface area contributed by atoms with E-state index in [1.54, 1.807) is 0 Å². The number of aryl methyl sites for hydroxylation is 1. The van der Waals surface area contributed by atoms with E-state index in [2.05, 4.69) is 41.8 Å². The number of nitrogens with zero attached hydrogens (tertiary/aromatic N) is 1. The van der Waals surface area contributed by atoms with Crippen molar-refractivity contribution in [3.8, 4) is 0 Å². The lowest BCUT2D eigenvalue weighted by molar-refractivity contribution is 0.112. The number of aromatic nitrogens is 1. The van der Waals surface area contributed by atoms with Crippen LogP contribution < -0.4 is 0 Å². The number of rotatable bonds is 3. The Morgan fingerprint density at radius 1 is 1.05 bits per heavy atom. The summed E-state index contributed by atoms with van der Waals surface area (Å²) >= 11 is 0. The zero-order valence-corrected chi connectivity index (χ0v) is 11.8. The van der Waals surface area contributed by atoms with Crippen LogP contribution in [0.1, 0.15) is 27.2 Å². The van der Waals surface area contributed by atoms with Crippen LogP contribution in [0.25, 0.3) is 10.9 Å². The zero-order chi connectivity index (χ0) is 14.1. The summed E-state index contributed by atoms with van der Waals surface area (Å²) in [6.07, 6.45) is 0.963. The predicted octanol–water partition coefficient (Wildman–Crippen LogP) is 4.12. The number of aldehydes is 1. The highest BCUT2D eigenvalue weighted by Crippen LogP contribution is 2.25. The van der Waals surface area contributed by atoms with Crippen LogP contribution in [0.4, 0.5) is 0 Å². The molecule has 0 spiro atoms. The van der Waals surface area contributed by atoms with Crippen molar-refractivity contribution < 1.29 is 4.79 Å². The van der Waals surface area contributed by atoms with Gasteiger partial charge >= 0.3 is 0 Å². The molecule has 0 amide bonds. The van der Waals surface area contributed by atoms with Crippen LogP contribution in [0.5, 0.6) is 0 Å². The molecule has 0 aliphatic rings. The Labute approximate surface area is 118 Å². The van der Waals surface area contributed by atoms with Crippen molar-refractivity contribution in [2.24, 2.45) is 0 Å².